The summed E-state index contributed by atoms with van der Waals surface area (Å²) in [6.07, 6.45) is 3.32. The quantitative estimate of drug-likeness (QED) is 0.762. The van der Waals surface area contributed by atoms with Crippen LogP contribution in [0, 0.1) is 5.92 Å². The largest absolute Gasteiger partial charge is 0.461 e. The third-order valence-electron chi connectivity index (χ3n) is 4.45. The molecule has 1 saturated heterocycles. The summed E-state index contributed by atoms with van der Waals surface area (Å²) in [4.78, 5) is 0. The maximum absolute atomic E-state index is 10.0. The average molecular weight is 275 g/mol. The molecule has 0 radical (unpaired) electrons. The van der Waals surface area contributed by atoms with Gasteiger partial charge in [0.1, 0.15) is 11.5 Å². The second-order valence-electron chi connectivity index (χ2n) is 5.52. The molecule has 1 spiro atoms. The molecule has 2 heterocycles. The third kappa shape index (κ3) is 1.67. The molecule has 2 N–H and O–H groups in total. The van der Waals surface area contributed by atoms with E-state index >= 15 is 0 Å². The number of thioether (sulfide) groups is 1. The molecule has 4 heteroatoms. The molecular formula is C15H17NO2S. The van der Waals surface area contributed by atoms with Crippen LogP contribution in [-0.4, -0.2) is 22.8 Å². The number of ether oxygens (including phenoxy) is 1. The molecule has 3 nitrogen and oxygen atoms in total. The monoisotopic (exact) mass is 275 g/mol. The number of nitrogens with one attached hydrogen (secondary N) is 1. The first kappa shape index (κ1) is 11.8. The number of hydrogen-bond donors (Lipinski definition) is 2. The van der Waals surface area contributed by atoms with E-state index in [-0.39, 0.29) is 17.6 Å². The lowest BCUT2D eigenvalue weighted by Gasteiger charge is -2.45. The highest BCUT2D eigenvalue weighted by molar-refractivity contribution is 7.99. The number of fused-ring (bicyclic) bond motifs is 4. The van der Waals surface area contributed by atoms with E-state index in [1.54, 1.807) is 0 Å². The maximum Gasteiger partial charge on any atom is 0.132 e. The van der Waals surface area contributed by atoms with E-state index in [1.165, 1.54) is 5.56 Å². The molecule has 3 atom stereocenters. The topological polar surface area (TPSA) is 41.5 Å². The summed E-state index contributed by atoms with van der Waals surface area (Å²) in [6.45, 7) is 0. The molecule has 1 fully saturated rings. The van der Waals surface area contributed by atoms with Crippen molar-refractivity contribution in [3.63, 3.8) is 0 Å². The zero-order chi connectivity index (χ0) is 12.9. The molecule has 4 rings (SSSR count). The fourth-order valence-corrected chi connectivity index (χ4v) is 4.76. The second-order valence-corrected chi connectivity index (χ2v) is 6.51. The number of aliphatic hydroxyl groups excluding tert-OH is 1. The van der Waals surface area contributed by atoms with Gasteiger partial charge in [-0.25, -0.2) is 0 Å². The summed E-state index contributed by atoms with van der Waals surface area (Å²) in [7, 11) is 0. The fraction of sp³-hybridized carbons (Fsp3) is 0.467. The van der Waals surface area contributed by atoms with Gasteiger partial charge in [0.2, 0.25) is 0 Å². The van der Waals surface area contributed by atoms with Gasteiger partial charge >= 0.3 is 0 Å². The highest BCUT2D eigenvalue weighted by atomic mass is 32.2. The Kier molecular flexibility index (Phi) is 2.65. The van der Waals surface area contributed by atoms with Gasteiger partial charge in [-0.3, -0.25) is 5.32 Å². The van der Waals surface area contributed by atoms with Crippen LogP contribution in [0.3, 0.4) is 0 Å². The molecule has 1 aliphatic carbocycles. The van der Waals surface area contributed by atoms with E-state index in [4.69, 9.17) is 4.74 Å². The van der Waals surface area contributed by atoms with Crippen molar-refractivity contribution in [2.75, 3.05) is 11.6 Å². The predicted octanol–water partition coefficient (Wildman–Crippen LogP) is 2.22. The summed E-state index contributed by atoms with van der Waals surface area (Å²) in [5, 5.41) is 13.7. The highest BCUT2D eigenvalue weighted by Gasteiger charge is 2.51. The van der Waals surface area contributed by atoms with Gasteiger partial charge in [0.05, 0.1) is 11.6 Å². The van der Waals surface area contributed by atoms with Crippen LogP contribution in [0.2, 0.25) is 0 Å². The Labute approximate surface area is 117 Å². The molecule has 0 saturated carbocycles. The van der Waals surface area contributed by atoms with Crippen molar-refractivity contribution in [3.05, 3.63) is 41.7 Å². The van der Waals surface area contributed by atoms with Gasteiger partial charge in [0, 0.05) is 23.1 Å². The van der Waals surface area contributed by atoms with Crippen molar-refractivity contribution >= 4 is 11.8 Å². The Morgan fingerprint density at radius 3 is 3.11 bits per heavy atom. The van der Waals surface area contributed by atoms with Gasteiger partial charge < -0.3 is 9.84 Å². The Hall–Kier alpha value is -0.970. The maximum atomic E-state index is 10.0. The number of para-hydroxylation sites is 1. The number of rotatable bonds is 0. The zero-order valence-electron chi connectivity index (χ0n) is 10.6. The van der Waals surface area contributed by atoms with Crippen LogP contribution < -0.4 is 10.1 Å². The summed E-state index contributed by atoms with van der Waals surface area (Å²) in [5.74, 6) is 4.27. The molecule has 0 aromatic heterocycles. The average Bonchev–Trinajstić information content (AvgIpc) is 2.91. The highest BCUT2D eigenvalue weighted by Crippen LogP contribution is 2.51. The summed E-state index contributed by atoms with van der Waals surface area (Å²) in [5.41, 5.74) is 1.18. The Morgan fingerprint density at radius 2 is 2.26 bits per heavy atom. The van der Waals surface area contributed by atoms with E-state index in [9.17, 15) is 5.11 Å². The number of benzene rings is 1. The molecule has 0 bridgehead atoms. The van der Waals surface area contributed by atoms with Crippen LogP contribution in [0.5, 0.6) is 5.75 Å². The molecule has 3 unspecified atom stereocenters. The first-order valence-electron chi connectivity index (χ1n) is 6.78. The lowest BCUT2D eigenvalue weighted by molar-refractivity contribution is 0.0827. The van der Waals surface area contributed by atoms with E-state index < -0.39 is 0 Å². The molecular weight excluding hydrogens is 258 g/mol. The standard InChI is InChI=1S/C15H17NO2S/c17-10-5-6-14-12(7-10)15(8-19-9-16-15)11-3-1-2-4-13(11)18-14/h1-4,6,10,12,16-17H,5,7-9H2. The van der Waals surface area contributed by atoms with Crippen molar-refractivity contribution in [1.82, 2.24) is 5.32 Å². The second kappa shape index (κ2) is 4.27. The van der Waals surface area contributed by atoms with E-state index in [0.29, 0.717) is 6.42 Å². The SMILES string of the molecule is OC1CC=C2Oc3ccccc3C3(CSCN3)C2C1. The van der Waals surface area contributed by atoms with Crippen molar-refractivity contribution in [2.45, 2.75) is 24.5 Å². The summed E-state index contributed by atoms with van der Waals surface area (Å²) >= 11 is 1.92. The van der Waals surface area contributed by atoms with Gasteiger partial charge in [-0.2, -0.15) is 0 Å². The van der Waals surface area contributed by atoms with Gasteiger partial charge in [0.15, 0.2) is 0 Å². The first-order valence-corrected chi connectivity index (χ1v) is 7.93. The van der Waals surface area contributed by atoms with E-state index in [0.717, 1.165) is 29.6 Å². The summed E-state index contributed by atoms with van der Waals surface area (Å²) < 4.78 is 6.07. The van der Waals surface area contributed by atoms with Crippen LogP contribution in [-0.2, 0) is 5.54 Å². The lowest BCUT2D eigenvalue weighted by atomic mass is 9.71. The molecule has 0 amide bonds. The normalized spacial score (nSPS) is 36.4. The zero-order valence-corrected chi connectivity index (χ0v) is 11.5. The summed E-state index contributed by atoms with van der Waals surface area (Å²) in [6, 6.07) is 8.30. The Bertz CT molecular complexity index is 537. The van der Waals surface area contributed by atoms with Gasteiger partial charge in [-0.15, -0.1) is 11.8 Å². The van der Waals surface area contributed by atoms with E-state index in [1.807, 2.05) is 23.9 Å². The first-order chi connectivity index (χ1) is 9.29. The van der Waals surface area contributed by atoms with Crippen molar-refractivity contribution in [2.24, 2.45) is 5.92 Å². The fourth-order valence-electron chi connectivity index (χ4n) is 3.51. The van der Waals surface area contributed by atoms with Crippen LogP contribution in [0.25, 0.3) is 0 Å². The minimum absolute atomic E-state index is 0.0628. The molecule has 19 heavy (non-hydrogen) atoms. The van der Waals surface area contributed by atoms with Crippen molar-refractivity contribution in [3.8, 4) is 5.75 Å². The van der Waals surface area contributed by atoms with Gasteiger partial charge in [-0.05, 0) is 25.0 Å². The predicted molar refractivity (Wildman–Crippen MR) is 76.0 cm³/mol. The van der Waals surface area contributed by atoms with E-state index in [2.05, 4.69) is 23.5 Å². The van der Waals surface area contributed by atoms with Crippen LogP contribution in [0.4, 0.5) is 0 Å². The Morgan fingerprint density at radius 1 is 1.37 bits per heavy atom. The number of hydrogen-bond acceptors (Lipinski definition) is 4. The minimum Gasteiger partial charge on any atom is -0.461 e. The molecule has 1 aromatic rings. The van der Waals surface area contributed by atoms with Crippen molar-refractivity contribution in [1.29, 1.82) is 0 Å². The third-order valence-corrected chi connectivity index (χ3v) is 5.46. The molecule has 3 aliphatic rings. The van der Waals surface area contributed by atoms with Crippen molar-refractivity contribution < 1.29 is 9.84 Å². The number of aliphatic hydroxyl groups is 1. The smallest absolute Gasteiger partial charge is 0.132 e. The Balaban J connectivity index is 1.89. The lowest BCUT2D eigenvalue weighted by Crippen LogP contribution is -2.52. The van der Waals surface area contributed by atoms with Crippen LogP contribution >= 0.6 is 11.8 Å². The molecule has 100 valence electrons. The minimum atomic E-state index is -0.244. The molecule has 2 aliphatic heterocycles. The van der Waals surface area contributed by atoms with Crippen LogP contribution in [0.15, 0.2) is 36.1 Å². The van der Waals surface area contributed by atoms with Gasteiger partial charge in [0.25, 0.3) is 0 Å². The van der Waals surface area contributed by atoms with Crippen LogP contribution in [0.1, 0.15) is 18.4 Å². The van der Waals surface area contributed by atoms with Gasteiger partial charge in [-0.1, -0.05) is 18.2 Å². The molecule has 1 aromatic carbocycles.